The average Bonchev–Trinajstić information content (AvgIpc) is 3.41. The predicted molar refractivity (Wildman–Crippen MR) is 109 cm³/mol. The molecule has 3 rings (SSSR count). The standard InChI is InChI=1S/C21H32N2O3S/c22-19(14-27-13-17-5-2-6-17)21(26,20(24)25)12-18-11-16(9-10-23-18)4-1-3-15-7-8-15/h9-11,15,17,19,26H,1-8,12-14,22H2,(H,24,25). The summed E-state index contributed by atoms with van der Waals surface area (Å²) in [5.74, 6) is 1.83. The number of aromatic nitrogens is 1. The van der Waals surface area contributed by atoms with E-state index in [1.807, 2.05) is 12.1 Å². The Morgan fingerprint density at radius 3 is 2.74 bits per heavy atom. The summed E-state index contributed by atoms with van der Waals surface area (Å²) in [6.07, 6.45) is 11.6. The number of carboxylic acid groups (broad SMARTS) is 1. The highest BCUT2D eigenvalue weighted by atomic mass is 32.2. The van der Waals surface area contributed by atoms with Gasteiger partial charge in [0.05, 0.1) is 6.04 Å². The van der Waals surface area contributed by atoms with E-state index in [-0.39, 0.29) is 6.42 Å². The maximum Gasteiger partial charge on any atom is 0.337 e. The van der Waals surface area contributed by atoms with Crippen LogP contribution in [-0.4, -0.2) is 44.3 Å². The second-order valence-electron chi connectivity index (χ2n) is 8.34. The van der Waals surface area contributed by atoms with Gasteiger partial charge in [0.25, 0.3) is 0 Å². The van der Waals surface area contributed by atoms with Crippen molar-refractivity contribution in [1.82, 2.24) is 4.98 Å². The zero-order valence-electron chi connectivity index (χ0n) is 16.0. The maximum absolute atomic E-state index is 11.8. The van der Waals surface area contributed by atoms with Gasteiger partial charge < -0.3 is 15.9 Å². The van der Waals surface area contributed by atoms with Gasteiger partial charge in [0, 0.05) is 24.1 Å². The second-order valence-corrected chi connectivity index (χ2v) is 9.41. The van der Waals surface area contributed by atoms with Crippen LogP contribution >= 0.6 is 11.8 Å². The van der Waals surface area contributed by atoms with Gasteiger partial charge in [-0.3, -0.25) is 4.98 Å². The molecule has 2 fully saturated rings. The summed E-state index contributed by atoms with van der Waals surface area (Å²) in [4.78, 5) is 16.1. The van der Waals surface area contributed by atoms with Gasteiger partial charge in [-0.15, -0.1) is 0 Å². The minimum absolute atomic E-state index is 0.0516. The molecular formula is C21H32N2O3S. The molecule has 2 unspecified atom stereocenters. The molecule has 0 aliphatic heterocycles. The number of nitrogens with two attached hydrogens (primary N) is 1. The lowest BCUT2D eigenvalue weighted by Crippen LogP contribution is -2.57. The maximum atomic E-state index is 11.8. The Balaban J connectivity index is 1.55. The Hall–Kier alpha value is -1.11. The molecule has 1 heterocycles. The van der Waals surface area contributed by atoms with Gasteiger partial charge in [0.15, 0.2) is 5.60 Å². The molecule has 0 aromatic carbocycles. The zero-order valence-corrected chi connectivity index (χ0v) is 16.8. The van der Waals surface area contributed by atoms with Crippen molar-refractivity contribution in [2.45, 2.75) is 69.4 Å². The lowest BCUT2D eigenvalue weighted by atomic mass is 9.87. The fourth-order valence-corrected chi connectivity index (χ4v) is 4.91. The van der Waals surface area contributed by atoms with Crippen molar-refractivity contribution in [2.24, 2.45) is 17.6 Å². The second kappa shape index (κ2) is 9.39. The van der Waals surface area contributed by atoms with Gasteiger partial charge in [0.1, 0.15) is 0 Å². The number of nitrogens with zero attached hydrogens (tertiary/aromatic N) is 1. The highest BCUT2D eigenvalue weighted by Crippen LogP contribution is 2.34. The van der Waals surface area contributed by atoms with Crippen LogP contribution in [-0.2, 0) is 17.6 Å². The first-order valence-electron chi connectivity index (χ1n) is 10.2. The van der Waals surface area contributed by atoms with E-state index in [0.717, 1.165) is 36.0 Å². The lowest BCUT2D eigenvalue weighted by molar-refractivity contribution is -0.160. The van der Waals surface area contributed by atoms with E-state index in [1.165, 1.54) is 38.5 Å². The monoisotopic (exact) mass is 392 g/mol. The summed E-state index contributed by atoms with van der Waals surface area (Å²) in [6.45, 7) is 0. The van der Waals surface area contributed by atoms with Crippen molar-refractivity contribution in [3.8, 4) is 0 Å². The van der Waals surface area contributed by atoms with Crippen LogP contribution < -0.4 is 5.73 Å². The van der Waals surface area contributed by atoms with Crippen molar-refractivity contribution in [3.63, 3.8) is 0 Å². The molecule has 2 aliphatic rings. The number of hydrogen-bond donors (Lipinski definition) is 3. The quantitative estimate of drug-likeness (QED) is 0.506. The van der Waals surface area contributed by atoms with Gasteiger partial charge in [0.2, 0.25) is 0 Å². The van der Waals surface area contributed by atoms with Gasteiger partial charge in [-0.1, -0.05) is 25.7 Å². The fraction of sp³-hybridized carbons (Fsp3) is 0.714. The van der Waals surface area contributed by atoms with Crippen LogP contribution in [0.4, 0.5) is 0 Å². The molecule has 0 amide bonds. The third kappa shape index (κ3) is 5.93. The zero-order chi connectivity index (χ0) is 19.3. The predicted octanol–water partition coefficient (Wildman–Crippen LogP) is 3.03. The molecule has 0 bridgehead atoms. The molecule has 2 saturated carbocycles. The largest absolute Gasteiger partial charge is 0.479 e. The van der Waals surface area contributed by atoms with Crippen molar-refractivity contribution in [3.05, 3.63) is 29.6 Å². The van der Waals surface area contributed by atoms with Crippen molar-refractivity contribution in [1.29, 1.82) is 0 Å². The van der Waals surface area contributed by atoms with Crippen LogP contribution in [0, 0.1) is 11.8 Å². The highest BCUT2D eigenvalue weighted by Gasteiger charge is 2.43. The summed E-state index contributed by atoms with van der Waals surface area (Å²) in [6, 6.07) is 3.08. The van der Waals surface area contributed by atoms with E-state index in [1.54, 1.807) is 18.0 Å². The van der Waals surface area contributed by atoms with Crippen molar-refractivity contribution >= 4 is 17.7 Å². The minimum atomic E-state index is -1.98. The topological polar surface area (TPSA) is 96.4 Å². The summed E-state index contributed by atoms with van der Waals surface area (Å²) in [7, 11) is 0. The number of aryl methyl sites for hydroxylation is 1. The number of carbonyl (C=O) groups is 1. The van der Waals surface area contributed by atoms with Crippen LogP contribution in [0.1, 0.15) is 56.2 Å². The molecule has 4 N–H and O–H groups in total. The van der Waals surface area contributed by atoms with Crippen molar-refractivity contribution < 1.29 is 15.0 Å². The van der Waals surface area contributed by atoms with Gasteiger partial charge >= 0.3 is 5.97 Å². The number of rotatable bonds is 12. The summed E-state index contributed by atoms with van der Waals surface area (Å²) in [5.41, 5.74) is 5.90. The van der Waals surface area contributed by atoms with Crippen LogP contribution in [0.15, 0.2) is 18.3 Å². The van der Waals surface area contributed by atoms with E-state index in [2.05, 4.69) is 4.98 Å². The molecule has 0 spiro atoms. The number of pyridine rings is 1. The molecule has 2 aliphatic carbocycles. The van der Waals surface area contributed by atoms with Crippen LogP contribution in [0.5, 0.6) is 0 Å². The molecule has 2 atom stereocenters. The molecule has 1 aromatic rings. The smallest absolute Gasteiger partial charge is 0.337 e. The summed E-state index contributed by atoms with van der Waals surface area (Å²) in [5, 5.41) is 20.5. The van der Waals surface area contributed by atoms with E-state index < -0.39 is 17.6 Å². The number of carboxylic acids is 1. The fourth-order valence-electron chi connectivity index (χ4n) is 3.58. The number of thioether (sulfide) groups is 1. The third-order valence-corrected chi connectivity index (χ3v) is 7.27. The van der Waals surface area contributed by atoms with Crippen molar-refractivity contribution in [2.75, 3.05) is 11.5 Å². The van der Waals surface area contributed by atoms with E-state index in [9.17, 15) is 15.0 Å². The van der Waals surface area contributed by atoms with Crippen LogP contribution in [0.25, 0.3) is 0 Å². The van der Waals surface area contributed by atoms with Crippen LogP contribution in [0.2, 0.25) is 0 Å². The molecule has 0 saturated heterocycles. The lowest BCUT2D eigenvalue weighted by Gasteiger charge is -2.31. The third-order valence-electron chi connectivity index (χ3n) is 5.97. The average molecular weight is 393 g/mol. The van der Waals surface area contributed by atoms with Gasteiger partial charge in [-0.25, -0.2) is 4.79 Å². The van der Waals surface area contributed by atoms with Gasteiger partial charge in [-0.05, 0) is 61.0 Å². The SMILES string of the molecule is NC(CSCC1CCC1)C(O)(Cc1cc(CCCC2CC2)ccn1)C(=O)O. The first kappa shape index (κ1) is 20.6. The van der Waals surface area contributed by atoms with Gasteiger partial charge in [-0.2, -0.15) is 11.8 Å². The minimum Gasteiger partial charge on any atom is -0.479 e. The molecule has 27 heavy (non-hydrogen) atoms. The molecule has 5 nitrogen and oxygen atoms in total. The molecule has 6 heteroatoms. The highest BCUT2D eigenvalue weighted by molar-refractivity contribution is 7.99. The Kier molecular flexibility index (Phi) is 7.17. The van der Waals surface area contributed by atoms with E-state index in [4.69, 9.17) is 5.73 Å². The molecule has 0 radical (unpaired) electrons. The first-order valence-corrected chi connectivity index (χ1v) is 11.4. The Bertz CT molecular complexity index is 634. The number of aliphatic carboxylic acids is 1. The summed E-state index contributed by atoms with van der Waals surface area (Å²) < 4.78 is 0. The van der Waals surface area contributed by atoms with E-state index in [0.29, 0.717) is 11.4 Å². The van der Waals surface area contributed by atoms with Crippen LogP contribution in [0.3, 0.4) is 0 Å². The Morgan fingerprint density at radius 1 is 1.33 bits per heavy atom. The normalized spacial score (nSPS) is 20.7. The molecule has 1 aromatic heterocycles. The first-order chi connectivity index (χ1) is 13.0. The Morgan fingerprint density at radius 2 is 2.11 bits per heavy atom. The van der Waals surface area contributed by atoms with E-state index >= 15 is 0 Å². The molecular weight excluding hydrogens is 360 g/mol. The Labute approximate surface area is 166 Å². The summed E-state index contributed by atoms with van der Waals surface area (Å²) >= 11 is 1.65. The number of hydrogen-bond acceptors (Lipinski definition) is 5. The molecule has 150 valence electrons. The number of aliphatic hydroxyl groups is 1.